The minimum Gasteiger partial charge on any atom is -0.481 e. The molecular weight excluding hydrogens is 318 g/mol. The molecule has 0 saturated carbocycles. The van der Waals surface area contributed by atoms with Gasteiger partial charge in [-0.2, -0.15) is 5.10 Å². The Bertz CT molecular complexity index is 780. The summed E-state index contributed by atoms with van der Waals surface area (Å²) in [4.78, 5) is 23.6. The zero-order chi connectivity index (χ0) is 18.6. The Kier molecular flexibility index (Phi) is 5.96. The van der Waals surface area contributed by atoms with Gasteiger partial charge in [0.2, 0.25) is 5.91 Å². The van der Waals surface area contributed by atoms with Crippen molar-refractivity contribution in [2.45, 2.75) is 46.1 Å². The first-order chi connectivity index (χ1) is 11.8. The second-order valence-electron chi connectivity index (χ2n) is 6.35. The topological polar surface area (TPSA) is 84.2 Å². The number of hydrogen-bond acceptors (Lipinski definition) is 3. The molecule has 1 aromatic heterocycles. The highest BCUT2D eigenvalue weighted by molar-refractivity contribution is 5.78. The van der Waals surface area contributed by atoms with E-state index in [1.807, 2.05) is 56.8 Å². The molecule has 2 aromatic rings. The van der Waals surface area contributed by atoms with Crippen LogP contribution in [0.5, 0.6) is 0 Å². The summed E-state index contributed by atoms with van der Waals surface area (Å²) in [5, 5.41) is 16.4. The van der Waals surface area contributed by atoms with Crippen molar-refractivity contribution >= 4 is 11.9 Å². The molecule has 25 heavy (non-hydrogen) atoms. The number of benzene rings is 1. The summed E-state index contributed by atoms with van der Waals surface area (Å²) in [6.07, 6.45) is 0.752. The predicted octanol–water partition coefficient (Wildman–Crippen LogP) is 2.61. The van der Waals surface area contributed by atoms with Gasteiger partial charge in [0.25, 0.3) is 0 Å². The molecule has 1 aromatic carbocycles. The molecule has 0 radical (unpaired) electrons. The highest BCUT2D eigenvalue weighted by Gasteiger charge is 2.20. The minimum absolute atomic E-state index is 0.137. The van der Waals surface area contributed by atoms with Gasteiger partial charge >= 0.3 is 5.97 Å². The number of carbonyl (C=O) groups is 2. The smallest absolute Gasteiger partial charge is 0.305 e. The fourth-order valence-electron chi connectivity index (χ4n) is 3.08. The zero-order valence-corrected chi connectivity index (χ0v) is 15.2. The molecule has 6 nitrogen and oxygen atoms in total. The van der Waals surface area contributed by atoms with Gasteiger partial charge in [-0.05, 0) is 43.9 Å². The van der Waals surface area contributed by atoms with E-state index in [1.54, 1.807) is 0 Å². The lowest BCUT2D eigenvalue weighted by molar-refractivity contribution is -0.137. The van der Waals surface area contributed by atoms with Crippen LogP contribution in [-0.4, -0.2) is 26.8 Å². The van der Waals surface area contributed by atoms with E-state index in [2.05, 4.69) is 10.4 Å². The second kappa shape index (κ2) is 7.96. The number of hydrogen-bond donors (Lipinski definition) is 2. The van der Waals surface area contributed by atoms with Crippen LogP contribution in [0.15, 0.2) is 24.3 Å². The molecule has 0 aliphatic carbocycles. The monoisotopic (exact) mass is 343 g/mol. The molecule has 2 N–H and O–H groups in total. The predicted molar refractivity (Wildman–Crippen MR) is 95.3 cm³/mol. The minimum atomic E-state index is -0.937. The normalized spacial score (nSPS) is 12.0. The molecule has 134 valence electrons. The van der Waals surface area contributed by atoms with Crippen LogP contribution in [0.4, 0.5) is 0 Å². The molecular formula is C19H25N3O3. The van der Waals surface area contributed by atoms with Crippen LogP contribution in [0, 0.1) is 20.8 Å². The van der Waals surface area contributed by atoms with Gasteiger partial charge in [0.05, 0.1) is 18.2 Å². The van der Waals surface area contributed by atoms with E-state index in [1.165, 1.54) is 0 Å². The number of aromatic nitrogens is 2. The van der Waals surface area contributed by atoms with Crippen LogP contribution in [-0.2, 0) is 23.1 Å². The first-order valence-corrected chi connectivity index (χ1v) is 8.35. The SMILES string of the molecule is Cc1ccccc1C(CC(=O)O)NC(=O)CCc1c(C)nn(C)c1C. The molecule has 6 heteroatoms. The lowest BCUT2D eigenvalue weighted by Gasteiger charge is -2.19. The number of aryl methyl sites for hydroxylation is 3. The molecule has 1 unspecified atom stereocenters. The molecule has 2 rings (SSSR count). The Morgan fingerprint density at radius 3 is 2.48 bits per heavy atom. The zero-order valence-electron chi connectivity index (χ0n) is 15.2. The van der Waals surface area contributed by atoms with Crippen molar-refractivity contribution < 1.29 is 14.7 Å². The quantitative estimate of drug-likeness (QED) is 0.809. The fraction of sp³-hybridized carbons (Fsp3) is 0.421. The van der Waals surface area contributed by atoms with E-state index < -0.39 is 12.0 Å². The average molecular weight is 343 g/mol. The highest BCUT2D eigenvalue weighted by Crippen LogP contribution is 2.21. The van der Waals surface area contributed by atoms with Crippen molar-refractivity contribution in [3.8, 4) is 0 Å². The molecule has 0 bridgehead atoms. The number of carboxylic acid groups (broad SMARTS) is 1. The van der Waals surface area contributed by atoms with E-state index in [9.17, 15) is 14.7 Å². The fourth-order valence-corrected chi connectivity index (χ4v) is 3.08. The maximum Gasteiger partial charge on any atom is 0.305 e. The van der Waals surface area contributed by atoms with Crippen molar-refractivity contribution in [3.63, 3.8) is 0 Å². The third kappa shape index (κ3) is 4.68. The standard InChI is InChI=1S/C19H25N3O3/c1-12-7-5-6-8-15(12)17(11-19(24)25)20-18(23)10-9-16-13(2)21-22(4)14(16)3/h5-8,17H,9-11H2,1-4H3,(H,20,23)(H,24,25). The highest BCUT2D eigenvalue weighted by atomic mass is 16.4. The van der Waals surface area contributed by atoms with Crippen LogP contribution in [0.1, 0.15) is 47.0 Å². The molecule has 1 heterocycles. The van der Waals surface area contributed by atoms with Crippen LogP contribution in [0.3, 0.4) is 0 Å². The largest absolute Gasteiger partial charge is 0.481 e. The molecule has 0 spiro atoms. The Balaban J connectivity index is 2.07. The van der Waals surface area contributed by atoms with Crippen LogP contribution >= 0.6 is 0 Å². The molecule has 0 aliphatic heterocycles. The first kappa shape index (κ1) is 18.7. The number of aliphatic carboxylic acids is 1. The van der Waals surface area contributed by atoms with Gasteiger partial charge in [-0.3, -0.25) is 14.3 Å². The third-order valence-electron chi connectivity index (χ3n) is 4.54. The van der Waals surface area contributed by atoms with Crippen LogP contribution in [0.25, 0.3) is 0 Å². The Morgan fingerprint density at radius 1 is 1.24 bits per heavy atom. The number of carbonyl (C=O) groups excluding carboxylic acids is 1. The van der Waals surface area contributed by atoms with Crippen molar-refractivity contribution in [3.05, 3.63) is 52.3 Å². The Labute approximate surface area is 147 Å². The van der Waals surface area contributed by atoms with Crippen molar-refractivity contribution in [2.24, 2.45) is 7.05 Å². The van der Waals surface area contributed by atoms with Gasteiger partial charge in [0.1, 0.15) is 0 Å². The second-order valence-corrected chi connectivity index (χ2v) is 6.35. The Hall–Kier alpha value is -2.63. The Morgan fingerprint density at radius 2 is 1.92 bits per heavy atom. The summed E-state index contributed by atoms with van der Waals surface area (Å²) < 4.78 is 1.81. The van der Waals surface area contributed by atoms with Gasteiger partial charge in [0.15, 0.2) is 0 Å². The van der Waals surface area contributed by atoms with E-state index in [4.69, 9.17) is 0 Å². The van der Waals surface area contributed by atoms with Crippen molar-refractivity contribution in [1.82, 2.24) is 15.1 Å². The van der Waals surface area contributed by atoms with Crippen LogP contribution in [0.2, 0.25) is 0 Å². The lowest BCUT2D eigenvalue weighted by Crippen LogP contribution is -2.30. The molecule has 0 saturated heterocycles. The number of amides is 1. The molecule has 1 atom stereocenters. The number of carboxylic acids is 1. The van der Waals surface area contributed by atoms with Gasteiger partial charge in [-0.1, -0.05) is 24.3 Å². The summed E-state index contributed by atoms with van der Waals surface area (Å²) in [5.74, 6) is -1.09. The van der Waals surface area contributed by atoms with E-state index in [0.717, 1.165) is 28.1 Å². The number of nitrogens with one attached hydrogen (secondary N) is 1. The van der Waals surface area contributed by atoms with Gasteiger partial charge in [-0.15, -0.1) is 0 Å². The summed E-state index contributed by atoms with van der Waals surface area (Å²) >= 11 is 0. The number of nitrogens with zero attached hydrogens (tertiary/aromatic N) is 2. The summed E-state index contributed by atoms with van der Waals surface area (Å²) in [6, 6.07) is 7.00. The van der Waals surface area contributed by atoms with Crippen molar-refractivity contribution in [2.75, 3.05) is 0 Å². The maximum absolute atomic E-state index is 12.4. The summed E-state index contributed by atoms with van der Waals surface area (Å²) in [7, 11) is 1.88. The van der Waals surface area contributed by atoms with E-state index in [0.29, 0.717) is 12.8 Å². The average Bonchev–Trinajstić information content (AvgIpc) is 2.77. The first-order valence-electron chi connectivity index (χ1n) is 8.35. The van der Waals surface area contributed by atoms with E-state index >= 15 is 0 Å². The lowest BCUT2D eigenvalue weighted by atomic mass is 9.98. The summed E-state index contributed by atoms with van der Waals surface area (Å²) in [5.41, 5.74) is 4.85. The van der Waals surface area contributed by atoms with Gasteiger partial charge < -0.3 is 10.4 Å². The van der Waals surface area contributed by atoms with E-state index in [-0.39, 0.29) is 12.3 Å². The number of rotatable bonds is 7. The van der Waals surface area contributed by atoms with Crippen molar-refractivity contribution in [1.29, 1.82) is 0 Å². The third-order valence-corrected chi connectivity index (χ3v) is 4.54. The molecule has 1 amide bonds. The maximum atomic E-state index is 12.4. The molecule has 0 fully saturated rings. The van der Waals surface area contributed by atoms with Crippen LogP contribution < -0.4 is 5.32 Å². The summed E-state index contributed by atoms with van der Waals surface area (Å²) in [6.45, 7) is 5.83. The molecule has 0 aliphatic rings. The van der Waals surface area contributed by atoms with Gasteiger partial charge in [0, 0.05) is 19.2 Å². The van der Waals surface area contributed by atoms with Gasteiger partial charge in [-0.25, -0.2) is 0 Å².